The summed E-state index contributed by atoms with van der Waals surface area (Å²) in [6, 6.07) is 10.4. The van der Waals surface area contributed by atoms with Crippen molar-refractivity contribution in [3.8, 4) is 0 Å². The van der Waals surface area contributed by atoms with Crippen LogP contribution < -0.4 is 0 Å². The molecule has 1 atom stereocenters. The largest absolute Gasteiger partial charge is 0.445 e. The Morgan fingerprint density at radius 1 is 1.23 bits per heavy atom. The fraction of sp³-hybridized carbons (Fsp3) is 0.133. The van der Waals surface area contributed by atoms with Gasteiger partial charge in [-0.15, -0.1) is 5.10 Å². The van der Waals surface area contributed by atoms with Crippen molar-refractivity contribution in [1.82, 2.24) is 9.99 Å². The second-order valence-electron chi connectivity index (χ2n) is 4.63. The molecule has 0 bridgehead atoms. The van der Waals surface area contributed by atoms with Crippen LogP contribution in [0.5, 0.6) is 0 Å². The van der Waals surface area contributed by atoms with Crippen molar-refractivity contribution in [3.05, 3.63) is 63.9 Å². The van der Waals surface area contributed by atoms with Gasteiger partial charge in [-0.1, -0.05) is 35.3 Å². The minimum absolute atomic E-state index is 0.248. The number of carbonyl (C=O) groups is 1. The van der Waals surface area contributed by atoms with Crippen LogP contribution >= 0.6 is 23.2 Å². The van der Waals surface area contributed by atoms with Crippen molar-refractivity contribution in [2.45, 2.75) is 13.2 Å². The molecule has 1 aliphatic heterocycles. The van der Waals surface area contributed by atoms with Crippen LogP contribution in [0.15, 0.2) is 47.7 Å². The number of rotatable bonds is 2. The number of benzene rings is 1. The summed E-state index contributed by atoms with van der Waals surface area (Å²) in [4.78, 5) is 16.0. The Hall–Kier alpha value is -2.11. The molecule has 7 heteroatoms. The highest BCUT2D eigenvalue weighted by Crippen LogP contribution is 2.33. The molecule has 1 aliphatic rings. The van der Waals surface area contributed by atoms with Gasteiger partial charge >= 0.3 is 0 Å². The van der Waals surface area contributed by atoms with E-state index in [1.54, 1.807) is 36.5 Å². The summed E-state index contributed by atoms with van der Waals surface area (Å²) in [6.07, 6.45) is 0.940. The molecule has 1 unspecified atom stereocenters. The zero-order chi connectivity index (χ0) is 15.7. The number of hydrazone groups is 1. The van der Waals surface area contributed by atoms with E-state index < -0.39 is 6.23 Å². The molecule has 0 saturated heterocycles. The lowest BCUT2D eigenvalue weighted by molar-refractivity contribution is -0.135. The van der Waals surface area contributed by atoms with Crippen LogP contribution in [0.25, 0.3) is 0 Å². The topological polar surface area (TPSA) is 54.8 Å². The monoisotopic (exact) mass is 335 g/mol. The van der Waals surface area contributed by atoms with Gasteiger partial charge in [-0.3, -0.25) is 9.78 Å². The molecule has 3 rings (SSSR count). The first-order valence-corrected chi connectivity index (χ1v) is 7.23. The van der Waals surface area contributed by atoms with Crippen molar-refractivity contribution in [2.24, 2.45) is 5.10 Å². The van der Waals surface area contributed by atoms with E-state index in [2.05, 4.69) is 10.1 Å². The highest BCUT2D eigenvalue weighted by molar-refractivity contribution is 6.42. The fourth-order valence-electron chi connectivity index (χ4n) is 2.04. The Morgan fingerprint density at radius 3 is 2.68 bits per heavy atom. The van der Waals surface area contributed by atoms with Gasteiger partial charge in [0.2, 0.25) is 12.1 Å². The molecule has 0 radical (unpaired) electrons. The normalized spacial score (nSPS) is 17.1. The quantitative estimate of drug-likeness (QED) is 0.842. The van der Waals surface area contributed by atoms with Gasteiger partial charge in [0.15, 0.2) is 0 Å². The predicted octanol–water partition coefficient (Wildman–Crippen LogP) is 3.63. The van der Waals surface area contributed by atoms with Crippen molar-refractivity contribution in [2.75, 3.05) is 0 Å². The number of nitrogens with zero attached hydrogens (tertiary/aromatic N) is 3. The van der Waals surface area contributed by atoms with E-state index in [4.69, 9.17) is 27.9 Å². The molecule has 0 spiro atoms. The minimum Gasteiger partial charge on any atom is -0.445 e. The van der Waals surface area contributed by atoms with Gasteiger partial charge in [-0.05, 0) is 24.3 Å². The molecule has 1 amide bonds. The van der Waals surface area contributed by atoms with Crippen LogP contribution in [-0.4, -0.2) is 21.8 Å². The molecule has 1 aromatic carbocycles. The molecule has 1 aromatic heterocycles. The zero-order valence-electron chi connectivity index (χ0n) is 11.5. The average Bonchev–Trinajstić information content (AvgIpc) is 2.96. The number of hydrogen-bond donors (Lipinski definition) is 0. The number of halogens is 2. The molecular weight excluding hydrogens is 325 g/mol. The van der Waals surface area contributed by atoms with E-state index in [1.807, 2.05) is 6.07 Å². The summed E-state index contributed by atoms with van der Waals surface area (Å²) in [5, 5.41) is 6.28. The van der Waals surface area contributed by atoms with Crippen molar-refractivity contribution < 1.29 is 9.53 Å². The Kier molecular flexibility index (Phi) is 4.00. The molecule has 2 heterocycles. The second-order valence-corrected chi connectivity index (χ2v) is 5.44. The lowest BCUT2D eigenvalue weighted by Crippen LogP contribution is -2.25. The third-order valence-corrected chi connectivity index (χ3v) is 3.82. The van der Waals surface area contributed by atoms with Gasteiger partial charge in [0.1, 0.15) is 5.69 Å². The van der Waals surface area contributed by atoms with Gasteiger partial charge in [-0.25, -0.2) is 0 Å². The van der Waals surface area contributed by atoms with Gasteiger partial charge in [0.25, 0.3) is 5.90 Å². The van der Waals surface area contributed by atoms with E-state index in [-0.39, 0.29) is 11.8 Å². The third-order valence-electron chi connectivity index (χ3n) is 3.08. The summed E-state index contributed by atoms with van der Waals surface area (Å²) >= 11 is 12.0. The highest BCUT2D eigenvalue weighted by Gasteiger charge is 2.33. The van der Waals surface area contributed by atoms with Crippen molar-refractivity contribution >= 4 is 35.0 Å². The number of pyridine rings is 1. The van der Waals surface area contributed by atoms with Gasteiger partial charge in [0, 0.05) is 18.7 Å². The van der Waals surface area contributed by atoms with Crippen LogP contribution in [0.3, 0.4) is 0 Å². The van der Waals surface area contributed by atoms with E-state index in [1.165, 1.54) is 11.9 Å². The van der Waals surface area contributed by atoms with Gasteiger partial charge in [0.05, 0.1) is 10.0 Å². The molecule has 5 nitrogen and oxygen atoms in total. The molecule has 0 N–H and O–H groups in total. The Balaban J connectivity index is 1.96. The predicted molar refractivity (Wildman–Crippen MR) is 83.6 cm³/mol. The van der Waals surface area contributed by atoms with Crippen molar-refractivity contribution in [3.63, 3.8) is 0 Å². The number of amides is 1. The molecule has 0 fully saturated rings. The summed E-state index contributed by atoms with van der Waals surface area (Å²) in [7, 11) is 0. The maximum atomic E-state index is 11.8. The lowest BCUT2D eigenvalue weighted by Gasteiger charge is -2.19. The van der Waals surface area contributed by atoms with Crippen LogP contribution in [0, 0.1) is 0 Å². The second kappa shape index (κ2) is 5.94. The molecule has 0 saturated carbocycles. The Bertz CT molecular complexity index is 750. The third kappa shape index (κ3) is 2.77. The number of carbonyl (C=O) groups excluding carboxylic acids is 1. The Labute approximate surface area is 137 Å². The zero-order valence-corrected chi connectivity index (χ0v) is 13.0. The van der Waals surface area contributed by atoms with E-state index in [0.29, 0.717) is 21.3 Å². The standard InChI is InChI=1S/C15H11Cl2N3O2/c1-9(21)20-15(10-5-6-11(16)12(17)8-10)22-14(19-20)13-4-2-3-7-18-13/h2-8,15H,1H3. The maximum absolute atomic E-state index is 11.8. The molecular formula is C15H11Cl2N3O2. The summed E-state index contributed by atoms with van der Waals surface area (Å²) < 4.78 is 5.79. The lowest BCUT2D eigenvalue weighted by atomic mass is 10.2. The number of aromatic nitrogens is 1. The minimum atomic E-state index is -0.690. The average molecular weight is 336 g/mol. The van der Waals surface area contributed by atoms with Gasteiger partial charge in [-0.2, -0.15) is 5.01 Å². The number of ether oxygens (including phenoxy) is 1. The first-order valence-electron chi connectivity index (χ1n) is 6.47. The molecule has 0 aliphatic carbocycles. The van der Waals surface area contributed by atoms with E-state index in [9.17, 15) is 4.79 Å². The maximum Gasteiger partial charge on any atom is 0.259 e. The first-order chi connectivity index (χ1) is 10.6. The Morgan fingerprint density at radius 2 is 2.05 bits per heavy atom. The van der Waals surface area contributed by atoms with Gasteiger partial charge < -0.3 is 4.74 Å². The molecule has 2 aromatic rings. The highest BCUT2D eigenvalue weighted by atomic mass is 35.5. The summed E-state index contributed by atoms with van der Waals surface area (Å²) in [6.45, 7) is 1.42. The first kappa shape index (κ1) is 14.8. The summed E-state index contributed by atoms with van der Waals surface area (Å²) in [5.41, 5.74) is 1.23. The molecule has 22 heavy (non-hydrogen) atoms. The van der Waals surface area contributed by atoms with Crippen molar-refractivity contribution in [1.29, 1.82) is 0 Å². The van der Waals surface area contributed by atoms with Crippen LogP contribution in [0.2, 0.25) is 10.0 Å². The van der Waals surface area contributed by atoms with E-state index >= 15 is 0 Å². The van der Waals surface area contributed by atoms with E-state index in [0.717, 1.165) is 0 Å². The molecule has 112 valence electrons. The fourth-order valence-corrected chi connectivity index (χ4v) is 2.35. The van der Waals surface area contributed by atoms with Crippen LogP contribution in [0.4, 0.5) is 0 Å². The smallest absolute Gasteiger partial charge is 0.259 e. The summed E-state index contributed by atoms with van der Waals surface area (Å²) in [5.74, 6) is 0.0360. The number of hydrogen-bond acceptors (Lipinski definition) is 4. The van der Waals surface area contributed by atoms with Crippen LogP contribution in [0.1, 0.15) is 24.4 Å². The SMILES string of the molecule is CC(=O)N1N=C(c2ccccn2)OC1c1ccc(Cl)c(Cl)c1. The van der Waals surface area contributed by atoms with Crippen LogP contribution in [-0.2, 0) is 9.53 Å².